The van der Waals surface area contributed by atoms with E-state index < -0.39 is 12.1 Å². The second-order valence-electron chi connectivity index (χ2n) is 24.6. The number of allylic oxidation sites excluding steroid dienone is 5. The third-order valence-corrected chi connectivity index (χ3v) is 16.6. The molecule has 0 aromatic heterocycles. The molecule has 0 aromatic rings. The lowest BCUT2D eigenvalue weighted by Gasteiger charge is -2.20. The van der Waals surface area contributed by atoms with Crippen LogP contribution in [0.25, 0.3) is 0 Å². The molecule has 0 spiro atoms. The molecule has 0 radical (unpaired) electrons. The smallest absolute Gasteiger partial charge is 0.305 e. The minimum atomic E-state index is -0.843. The number of hydrogen-bond acceptors (Lipinski definition) is 5. The summed E-state index contributed by atoms with van der Waals surface area (Å²) in [6.45, 7) is 4.93. The van der Waals surface area contributed by atoms with Gasteiger partial charge in [-0.2, -0.15) is 0 Å². The van der Waals surface area contributed by atoms with Crippen LogP contribution in [-0.4, -0.2) is 47.4 Å². The van der Waals surface area contributed by atoms with Crippen molar-refractivity contribution in [2.24, 2.45) is 0 Å². The van der Waals surface area contributed by atoms with Crippen molar-refractivity contribution in [1.29, 1.82) is 0 Å². The van der Waals surface area contributed by atoms with E-state index in [-0.39, 0.29) is 18.5 Å². The number of rotatable bonds is 67. The second kappa shape index (κ2) is 68.6. The Labute approximate surface area is 494 Å². The monoisotopic (exact) mass is 1110 g/mol. The van der Waals surface area contributed by atoms with Crippen LogP contribution in [0.3, 0.4) is 0 Å². The molecular weight excluding hydrogens is 971 g/mol. The summed E-state index contributed by atoms with van der Waals surface area (Å²) < 4.78 is 5.49. The van der Waals surface area contributed by atoms with E-state index >= 15 is 0 Å². The molecular formula is C73H139NO5. The molecule has 0 aliphatic carbocycles. The SMILES string of the molecule is CCCCCCCC/C=C\CCCCCCCC(=O)OCCCCCCCCCCCCCC/C=C\CCCCCCCCCCCCCCCCCC(=O)NC(CO)C(O)/C=C/CCCCCCCCCCCCCCCC. The van der Waals surface area contributed by atoms with Crippen LogP contribution >= 0.6 is 0 Å². The van der Waals surface area contributed by atoms with E-state index in [1.54, 1.807) is 6.08 Å². The van der Waals surface area contributed by atoms with Crippen LogP contribution in [-0.2, 0) is 14.3 Å². The zero-order valence-corrected chi connectivity index (χ0v) is 53.4. The molecule has 0 rings (SSSR count). The molecule has 0 saturated carbocycles. The van der Waals surface area contributed by atoms with Crippen molar-refractivity contribution >= 4 is 11.9 Å². The van der Waals surface area contributed by atoms with Gasteiger partial charge in [0.15, 0.2) is 0 Å². The lowest BCUT2D eigenvalue weighted by atomic mass is 10.0. The fourth-order valence-corrected chi connectivity index (χ4v) is 11.2. The highest BCUT2D eigenvalue weighted by molar-refractivity contribution is 5.76. The van der Waals surface area contributed by atoms with Gasteiger partial charge >= 0.3 is 5.97 Å². The number of ether oxygens (including phenoxy) is 1. The van der Waals surface area contributed by atoms with E-state index in [9.17, 15) is 19.8 Å². The quantitative estimate of drug-likeness (QED) is 0.0320. The number of nitrogens with one attached hydrogen (secondary N) is 1. The summed E-state index contributed by atoms with van der Waals surface area (Å²) in [5.41, 5.74) is 0. The van der Waals surface area contributed by atoms with Crippen molar-refractivity contribution in [3.05, 3.63) is 36.5 Å². The number of aliphatic hydroxyl groups excluding tert-OH is 2. The fourth-order valence-electron chi connectivity index (χ4n) is 11.2. The Kier molecular flexibility index (Phi) is 66.9. The lowest BCUT2D eigenvalue weighted by Crippen LogP contribution is -2.45. The lowest BCUT2D eigenvalue weighted by molar-refractivity contribution is -0.143. The number of unbranched alkanes of at least 4 members (excludes halogenated alkanes) is 52. The topological polar surface area (TPSA) is 95.9 Å². The van der Waals surface area contributed by atoms with Crippen LogP contribution in [0.4, 0.5) is 0 Å². The van der Waals surface area contributed by atoms with Crippen molar-refractivity contribution in [3.8, 4) is 0 Å². The number of amides is 1. The van der Waals surface area contributed by atoms with Crippen LogP contribution in [0.15, 0.2) is 36.5 Å². The molecule has 2 unspecified atom stereocenters. The van der Waals surface area contributed by atoms with Gasteiger partial charge in [-0.1, -0.05) is 333 Å². The van der Waals surface area contributed by atoms with Crippen LogP contribution in [0, 0.1) is 0 Å². The molecule has 0 heterocycles. The van der Waals surface area contributed by atoms with Crippen LogP contribution < -0.4 is 5.32 Å². The standard InChI is InChI=1S/C73H139NO5/c1-3-5-7-9-11-13-15-17-19-38-41-45-49-53-57-61-65-71(76)70(69-75)74-72(77)66-62-58-54-50-46-42-39-35-33-31-29-27-25-23-21-20-22-24-26-28-30-32-34-36-40-44-48-52-56-60-64-68-79-73(78)67-63-59-55-51-47-43-37-18-16-14-12-10-8-6-4-2/h18,22,24,37,61,65,70-71,75-76H,3-17,19-21,23,25-36,38-60,62-64,66-69H2,1-2H3,(H,74,77)/b24-22-,37-18-,65-61+. The van der Waals surface area contributed by atoms with Crippen LogP contribution in [0.2, 0.25) is 0 Å². The van der Waals surface area contributed by atoms with E-state index in [1.807, 2.05) is 6.08 Å². The van der Waals surface area contributed by atoms with Crippen molar-refractivity contribution < 1.29 is 24.5 Å². The van der Waals surface area contributed by atoms with Gasteiger partial charge in [0.1, 0.15) is 0 Å². The molecule has 0 saturated heterocycles. The Morgan fingerprint density at radius 1 is 0.342 bits per heavy atom. The minimum absolute atomic E-state index is 0.00982. The number of aliphatic hydroxyl groups is 2. The zero-order valence-electron chi connectivity index (χ0n) is 53.4. The first-order valence-electron chi connectivity index (χ1n) is 35.8. The van der Waals surface area contributed by atoms with Gasteiger partial charge in [-0.15, -0.1) is 0 Å². The minimum Gasteiger partial charge on any atom is -0.466 e. The molecule has 0 aliphatic rings. The van der Waals surface area contributed by atoms with Gasteiger partial charge in [0, 0.05) is 12.8 Å². The fraction of sp³-hybridized carbons (Fsp3) is 0.890. The molecule has 0 bridgehead atoms. The highest BCUT2D eigenvalue weighted by atomic mass is 16.5. The first-order valence-corrected chi connectivity index (χ1v) is 35.8. The van der Waals surface area contributed by atoms with E-state index in [0.29, 0.717) is 19.4 Å². The summed E-state index contributed by atoms with van der Waals surface area (Å²) in [6.07, 6.45) is 88.0. The summed E-state index contributed by atoms with van der Waals surface area (Å²) in [6, 6.07) is -0.626. The van der Waals surface area contributed by atoms with E-state index in [0.717, 1.165) is 44.9 Å². The van der Waals surface area contributed by atoms with Gasteiger partial charge in [-0.3, -0.25) is 9.59 Å². The van der Waals surface area contributed by atoms with Crippen LogP contribution in [0.1, 0.15) is 393 Å². The maximum Gasteiger partial charge on any atom is 0.305 e. The first-order chi connectivity index (χ1) is 39.0. The molecule has 3 N–H and O–H groups in total. The molecule has 6 nitrogen and oxygen atoms in total. The molecule has 79 heavy (non-hydrogen) atoms. The molecule has 466 valence electrons. The van der Waals surface area contributed by atoms with E-state index in [4.69, 9.17) is 4.74 Å². The average Bonchev–Trinajstić information content (AvgIpc) is 3.45. The Morgan fingerprint density at radius 3 is 0.899 bits per heavy atom. The third-order valence-electron chi connectivity index (χ3n) is 16.6. The van der Waals surface area contributed by atoms with E-state index in [2.05, 4.69) is 43.5 Å². The maximum absolute atomic E-state index is 12.5. The van der Waals surface area contributed by atoms with Crippen molar-refractivity contribution in [3.63, 3.8) is 0 Å². The summed E-state index contributed by atoms with van der Waals surface area (Å²) in [5, 5.41) is 23.2. The maximum atomic E-state index is 12.5. The number of carbonyl (C=O) groups excluding carboxylic acids is 2. The summed E-state index contributed by atoms with van der Waals surface area (Å²) >= 11 is 0. The summed E-state index contributed by atoms with van der Waals surface area (Å²) in [5.74, 6) is -0.0536. The number of hydrogen-bond donors (Lipinski definition) is 3. The molecule has 0 aromatic carbocycles. The average molecular weight is 1110 g/mol. The Hall–Kier alpha value is -1.92. The zero-order chi connectivity index (χ0) is 57.1. The predicted octanol–water partition coefficient (Wildman–Crippen LogP) is 23.1. The van der Waals surface area contributed by atoms with Gasteiger partial charge in [-0.25, -0.2) is 0 Å². The van der Waals surface area contributed by atoms with E-state index in [1.165, 1.54) is 321 Å². The Morgan fingerprint density at radius 2 is 0.595 bits per heavy atom. The predicted molar refractivity (Wildman–Crippen MR) is 347 cm³/mol. The number of esters is 1. The normalized spacial score (nSPS) is 12.7. The number of carbonyl (C=O) groups is 2. The van der Waals surface area contributed by atoms with Gasteiger partial charge in [0.25, 0.3) is 0 Å². The van der Waals surface area contributed by atoms with Gasteiger partial charge in [0.05, 0.1) is 25.4 Å². The highest BCUT2D eigenvalue weighted by Gasteiger charge is 2.18. The molecule has 0 aliphatic heterocycles. The Balaban J connectivity index is 3.37. The largest absolute Gasteiger partial charge is 0.466 e. The second-order valence-corrected chi connectivity index (χ2v) is 24.6. The van der Waals surface area contributed by atoms with Crippen LogP contribution in [0.5, 0.6) is 0 Å². The molecule has 1 amide bonds. The summed E-state index contributed by atoms with van der Waals surface area (Å²) in [7, 11) is 0. The highest BCUT2D eigenvalue weighted by Crippen LogP contribution is 2.18. The molecule has 6 heteroatoms. The van der Waals surface area contributed by atoms with Crippen molar-refractivity contribution in [2.45, 2.75) is 405 Å². The van der Waals surface area contributed by atoms with Gasteiger partial charge in [-0.05, 0) is 83.5 Å². The van der Waals surface area contributed by atoms with Gasteiger partial charge in [0.2, 0.25) is 5.91 Å². The third kappa shape index (κ3) is 65.1. The van der Waals surface area contributed by atoms with Gasteiger partial charge < -0.3 is 20.3 Å². The molecule has 2 atom stereocenters. The first kappa shape index (κ1) is 77.1. The Bertz CT molecular complexity index is 1280. The van der Waals surface area contributed by atoms with Crippen molar-refractivity contribution in [1.82, 2.24) is 5.32 Å². The summed E-state index contributed by atoms with van der Waals surface area (Å²) in [4.78, 5) is 24.6. The molecule has 0 fully saturated rings. The van der Waals surface area contributed by atoms with Crippen molar-refractivity contribution in [2.75, 3.05) is 13.2 Å².